The number of nitrogens with one attached hydrogen (secondary N) is 1. The molecule has 0 saturated heterocycles. The summed E-state index contributed by atoms with van der Waals surface area (Å²) in [5, 5.41) is 3.23. The second kappa shape index (κ2) is 8.70. The molecule has 0 aliphatic carbocycles. The molecule has 0 fully saturated rings. The number of halogens is 1. The third-order valence-corrected chi connectivity index (χ3v) is 5.48. The van der Waals surface area contributed by atoms with E-state index in [1.54, 1.807) is 32.5 Å². The molecule has 164 valence electrons. The van der Waals surface area contributed by atoms with Crippen molar-refractivity contribution in [3.05, 3.63) is 95.4 Å². The Morgan fingerprint density at radius 3 is 2.33 bits per heavy atom. The molecule has 1 aliphatic rings. The van der Waals surface area contributed by atoms with Gasteiger partial charge in [-0.25, -0.2) is 14.4 Å². The summed E-state index contributed by atoms with van der Waals surface area (Å²) < 4.78 is 25.3. The van der Waals surface area contributed by atoms with Gasteiger partial charge in [0.05, 0.1) is 32.2 Å². The van der Waals surface area contributed by atoms with Gasteiger partial charge in [-0.3, -0.25) is 4.99 Å². The number of hydrogen-bond acceptors (Lipinski definition) is 6. The molecule has 1 N–H and O–H groups in total. The van der Waals surface area contributed by atoms with Gasteiger partial charge in [-0.1, -0.05) is 36.4 Å². The first-order valence-electron chi connectivity index (χ1n) is 10.4. The second-order valence-corrected chi connectivity index (χ2v) is 7.45. The number of aromatic nitrogens is 2. The minimum Gasteiger partial charge on any atom is -0.493 e. The van der Waals surface area contributed by atoms with Crippen LogP contribution < -0.4 is 14.8 Å². The highest BCUT2D eigenvalue weighted by Gasteiger charge is 2.22. The third-order valence-electron chi connectivity index (χ3n) is 5.48. The van der Waals surface area contributed by atoms with Crippen LogP contribution in [-0.4, -0.2) is 29.9 Å². The number of methoxy groups -OCH3 is 2. The summed E-state index contributed by atoms with van der Waals surface area (Å²) >= 11 is 0. The zero-order chi connectivity index (χ0) is 22.8. The molecular formula is C26H21FN4O2. The standard InChI is InChI=1S/C26H21FN4O2/c1-32-22-12-11-17(13-23(22)33-2)30-26-29-15-16-14-28-25(20-9-5-6-10-21(20)27)19-8-4-3-7-18(19)24(16)31-26/h3-13,15H,14H2,1-2H3,(H,29,30,31). The lowest BCUT2D eigenvalue weighted by molar-refractivity contribution is 0.355. The average Bonchev–Trinajstić information content (AvgIpc) is 3.01. The van der Waals surface area contributed by atoms with Crippen molar-refractivity contribution in [1.29, 1.82) is 0 Å². The van der Waals surface area contributed by atoms with Crippen LogP contribution in [0.15, 0.2) is 77.9 Å². The zero-order valence-electron chi connectivity index (χ0n) is 18.2. The van der Waals surface area contributed by atoms with Crippen LogP contribution in [0.1, 0.15) is 16.7 Å². The molecule has 0 bridgehead atoms. The van der Waals surface area contributed by atoms with Crippen molar-refractivity contribution >= 4 is 17.3 Å². The van der Waals surface area contributed by atoms with E-state index in [1.807, 2.05) is 48.5 Å². The minimum atomic E-state index is -0.307. The minimum absolute atomic E-state index is 0.307. The fourth-order valence-electron chi connectivity index (χ4n) is 3.89. The Morgan fingerprint density at radius 1 is 0.848 bits per heavy atom. The molecule has 0 saturated carbocycles. The van der Waals surface area contributed by atoms with Gasteiger partial charge in [-0.2, -0.15) is 0 Å². The summed E-state index contributed by atoms with van der Waals surface area (Å²) in [6, 6.07) is 20.0. The average molecular weight is 440 g/mol. The largest absolute Gasteiger partial charge is 0.493 e. The van der Waals surface area contributed by atoms with Gasteiger partial charge >= 0.3 is 0 Å². The highest BCUT2D eigenvalue weighted by molar-refractivity contribution is 6.16. The van der Waals surface area contributed by atoms with Crippen molar-refractivity contribution in [2.45, 2.75) is 6.54 Å². The quantitative estimate of drug-likeness (QED) is 0.450. The van der Waals surface area contributed by atoms with Gasteiger partial charge in [0, 0.05) is 40.2 Å². The summed E-state index contributed by atoms with van der Waals surface area (Å²) in [4.78, 5) is 14.0. The number of nitrogens with zero attached hydrogens (tertiary/aromatic N) is 3. The smallest absolute Gasteiger partial charge is 0.227 e. The van der Waals surface area contributed by atoms with Crippen molar-refractivity contribution in [3.63, 3.8) is 0 Å². The van der Waals surface area contributed by atoms with Crippen molar-refractivity contribution in [1.82, 2.24) is 9.97 Å². The maximum absolute atomic E-state index is 14.6. The van der Waals surface area contributed by atoms with Crippen LogP contribution in [0.2, 0.25) is 0 Å². The topological polar surface area (TPSA) is 68.6 Å². The number of aliphatic imine (C=N–C) groups is 1. The molecule has 0 unspecified atom stereocenters. The van der Waals surface area contributed by atoms with Gasteiger partial charge < -0.3 is 14.8 Å². The first-order chi connectivity index (χ1) is 16.2. The number of ether oxygens (including phenoxy) is 2. The summed E-state index contributed by atoms with van der Waals surface area (Å²) in [5.74, 6) is 1.37. The number of rotatable bonds is 5. The second-order valence-electron chi connectivity index (χ2n) is 7.45. The first kappa shape index (κ1) is 20.6. The Morgan fingerprint density at radius 2 is 1.58 bits per heavy atom. The maximum atomic E-state index is 14.6. The van der Waals surface area contributed by atoms with Crippen molar-refractivity contribution in [2.75, 3.05) is 19.5 Å². The van der Waals surface area contributed by atoms with Crippen molar-refractivity contribution in [3.8, 4) is 22.8 Å². The number of fused-ring (bicyclic) bond motifs is 3. The van der Waals surface area contributed by atoms with E-state index in [1.165, 1.54) is 6.07 Å². The number of anilines is 2. The normalized spacial score (nSPS) is 12.2. The van der Waals surface area contributed by atoms with Crippen LogP contribution in [0.25, 0.3) is 11.3 Å². The number of hydrogen-bond donors (Lipinski definition) is 1. The predicted octanol–water partition coefficient (Wildman–Crippen LogP) is 5.39. The van der Waals surface area contributed by atoms with E-state index >= 15 is 0 Å². The van der Waals surface area contributed by atoms with E-state index in [4.69, 9.17) is 19.5 Å². The fourth-order valence-corrected chi connectivity index (χ4v) is 3.89. The van der Waals surface area contributed by atoms with Gasteiger partial charge in [0.2, 0.25) is 5.95 Å². The summed E-state index contributed by atoms with van der Waals surface area (Å²) in [6.45, 7) is 0.352. The van der Waals surface area contributed by atoms with Gasteiger partial charge in [-0.15, -0.1) is 0 Å². The maximum Gasteiger partial charge on any atom is 0.227 e. The molecule has 7 heteroatoms. The molecule has 1 aromatic heterocycles. The Hall–Kier alpha value is -4.26. The molecule has 5 rings (SSSR count). The van der Waals surface area contributed by atoms with Crippen LogP contribution in [0.4, 0.5) is 16.0 Å². The molecule has 33 heavy (non-hydrogen) atoms. The summed E-state index contributed by atoms with van der Waals surface area (Å²) in [7, 11) is 3.18. The lowest BCUT2D eigenvalue weighted by Crippen LogP contribution is -2.07. The molecule has 1 aliphatic heterocycles. The zero-order valence-corrected chi connectivity index (χ0v) is 18.2. The van der Waals surface area contributed by atoms with Crippen LogP contribution in [0.5, 0.6) is 11.5 Å². The van der Waals surface area contributed by atoms with Gasteiger partial charge in [0.25, 0.3) is 0 Å². The van der Waals surface area contributed by atoms with E-state index in [0.717, 1.165) is 28.1 Å². The number of benzene rings is 3. The SMILES string of the molecule is COc1ccc(Nc2ncc3c(n2)-c2ccccc2C(c2ccccc2F)=NC3)cc1OC. The van der Waals surface area contributed by atoms with Crippen molar-refractivity contribution in [2.24, 2.45) is 4.99 Å². The Balaban J connectivity index is 1.56. The highest BCUT2D eigenvalue weighted by Crippen LogP contribution is 2.34. The molecule has 6 nitrogen and oxygen atoms in total. The lowest BCUT2D eigenvalue weighted by atomic mass is 9.95. The van der Waals surface area contributed by atoms with Crippen LogP contribution in [-0.2, 0) is 6.54 Å². The molecule has 0 spiro atoms. The van der Waals surface area contributed by atoms with E-state index in [2.05, 4.69) is 10.3 Å². The molecule has 0 atom stereocenters. The Kier molecular flexibility index (Phi) is 5.44. The van der Waals surface area contributed by atoms with E-state index < -0.39 is 0 Å². The predicted molar refractivity (Wildman–Crippen MR) is 126 cm³/mol. The molecular weight excluding hydrogens is 419 g/mol. The summed E-state index contributed by atoms with van der Waals surface area (Å²) in [6.07, 6.45) is 1.76. The third kappa shape index (κ3) is 3.89. The van der Waals surface area contributed by atoms with Gasteiger partial charge in [0.15, 0.2) is 11.5 Å². The van der Waals surface area contributed by atoms with Crippen LogP contribution in [0.3, 0.4) is 0 Å². The molecule has 3 aromatic carbocycles. The van der Waals surface area contributed by atoms with Gasteiger partial charge in [0.1, 0.15) is 5.82 Å². The molecule has 2 heterocycles. The van der Waals surface area contributed by atoms with E-state index in [-0.39, 0.29) is 5.82 Å². The molecule has 4 aromatic rings. The van der Waals surface area contributed by atoms with Crippen LogP contribution in [0, 0.1) is 5.82 Å². The monoisotopic (exact) mass is 440 g/mol. The lowest BCUT2D eigenvalue weighted by Gasteiger charge is -2.13. The van der Waals surface area contributed by atoms with Gasteiger partial charge in [-0.05, 0) is 24.3 Å². The highest BCUT2D eigenvalue weighted by atomic mass is 19.1. The Bertz CT molecular complexity index is 1370. The first-order valence-corrected chi connectivity index (χ1v) is 10.4. The van der Waals surface area contributed by atoms with E-state index in [0.29, 0.717) is 35.3 Å². The van der Waals surface area contributed by atoms with Crippen molar-refractivity contribution < 1.29 is 13.9 Å². The van der Waals surface area contributed by atoms with E-state index in [9.17, 15) is 4.39 Å². The molecule has 0 amide bonds. The Labute approximate surface area is 190 Å². The molecule has 0 radical (unpaired) electrons. The summed E-state index contributed by atoms with van der Waals surface area (Å²) in [5.41, 5.74) is 5.18. The van der Waals surface area contributed by atoms with Crippen LogP contribution >= 0.6 is 0 Å². The fraction of sp³-hybridized carbons (Fsp3) is 0.115.